The Morgan fingerprint density at radius 1 is 0.476 bits per heavy atom. The summed E-state index contributed by atoms with van der Waals surface area (Å²) in [6, 6.07) is 18.6. The number of phosphoric ester groups is 2. The summed E-state index contributed by atoms with van der Waals surface area (Å²) in [7, 11) is -10.0. The number of hydrogen-bond donors (Lipinski definition) is 0. The zero-order valence-electron chi connectivity index (χ0n) is 40.0. The van der Waals surface area contributed by atoms with Crippen molar-refractivity contribution in [1.29, 1.82) is 0 Å². The fourth-order valence-corrected chi connectivity index (χ4v) is 8.04. The topological polar surface area (TPSA) is 173 Å². The summed E-state index contributed by atoms with van der Waals surface area (Å²) in [6.45, 7) is 18.0. The Hall–Kier alpha value is 1.57. The van der Waals surface area contributed by atoms with Gasteiger partial charge >= 0.3 is 118 Å². The van der Waals surface area contributed by atoms with Gasteiger partial charge in [-0.1, -0.05) is 129 Å². The minimum Gasteiger partial charge on any atom is -0.790 e. The van der Waals surface area contributed by atoms with Crippen LogP contribution in [0.1, 0.15) is 170 Å². The molecule has 3 aromatic carbocycles. The SMILES string of the molecule is CC(C)c1cccc(C(C)C2CC2)c1OCCl.CC(C)c1cccc(C(C)C2CC2)c1OCOP(=O)([O-])[O-].CC(C)c1cccc(C(C)C2CC2)c1OCOP(=O)([O-])[O-].[Na+].[Na+].[Na+].[Na+]. The van der Waals surface area contributed by atoms with Crippen molar-refractivity contribution >= 4 is 27.2 Å². The van der Waals surface area contributed by atoms with Gasteiger partial charge in [0.2, 0.25) is 0 Å². The quantitative estimate of drug-likeness (QED) is 0.0560. The molecule has 3 saturated carbocycles. The van der Waals surface area contributed by atoms with Gasteiger partial charge in [-0.25, -0.2) is 0 Å². The number of ether oxygens (including phenoxy) is 3. The molecule has 0 aromatic heterocycles. The largest absolute Gasteiger partial charge is 1.00 e. The van der Waals surface area contributed by atoms with Crippen LogP contribution in [-0.2, 0) is 18.2 Å². The van der Waals surface area contributed by atoms with Crippen LogP contribution in [0.3, 0.4) is 0 Å². The molecule has 3 atom stereocenters. The molecule has 0 heterocycles. The van der Waals surface area contributed by atoms with Gasteiger partial charge in [-0.05, 0) is 125 Å². The molecule has 18 heteroatoms. The van der Waals surface area contributed by atoms with E-state index >= 15 is 0 Å². The molecule has 3 aliphatic rings. The molecule has 0 radical (unpaired) electrons. The number of para-hydroxylation sites is 3. The Labute approximate surface area is 470 Å². The Kier molecular flexibility index (Phi) is 31.1. The molecule has 0 N–H and O–H groups in total. The molecule has 0 amide bonds. The molecule has 3 aromatic rings. The van der Waals surface area contributed by atoms with Crippen LogP contribution in [-0.4, -0.2) is 19.7 Å². The summed E-state index contributed by atoms with van der Waals surface area (Å²) in [5, 5.41) is 0. The monoisotopic (exact) mass is 968 g/mol. The van der Waals surface area contributed by atoms with Crippen LogP contribution in [0.25, 0.3) is 0 Å². The van der Waals surface area contributed by atoms with E-state index in [-0.39, 0.29) is 136 Å². The van der Waals surface area contributed by atoms with Gasteiger partial charge in [-0.2, -0.15) is 0 Å². The average Bonchev–Trinajstić information content (AvgIpc) is 4.00. The van der Waals surface area contributed by atoms with E-state index in [0.29, 0.717) is 47.0 Å². The number of hydrogen-bond acceptors (Lipinski definition) is 11. The van der Waals surface area contributed by atoms with Crippen molar-refractivity contribution in [3.8, 4) is 17.2 Å². The van der Waals surface area contributed by atoms with E-state index in [4.69, 9.17) is 25.8 Å². The van der Waals surface area contributed by atoms with Crippen LogP contribution in [0.4, 0.5) is 0 Å². The van der Waals surface area contributed by atoms with Crippen molar-refractivity contribution in [1.82, 2.24) is 0 Å². The first-order valence-electron chi connectivity index (χ1n) is 20.9. The van der Waals surface area contributed by atoms with Crippen molar-refractivity contribution in [2.75, 3.05) is 19.7 Å². The Morgan fingerprint density at radius 3 is 0.921 bits per heavy atom. The van der Waals surface area contributed by atoms with Crippen molar-refractivity contribution < 1.29 is 170 Å². The molecule has 3 unspecified atom stereocenters. The maximum atomic E-state index is 10.5. The standard InChI is InChI=1S/C15H21ClO.2C15H23O5P.4Na/c1-10(2)13-5-4-6-14(15(13)17-9-16)11(3)12-7-8-12;2*1-10(2)13-5-4-6-14(11(3)12-7-8-12)15(13)19-9-20-21(16,17)18;;;;/h4-6,10-12H,7-9H2,1-3H3;2*4-6,10-12H,7-9H2,1-3H3,(H2,16,17,18);;;;/q;;;4*+1/p-4. The number of rotatable bonds is 19. The van der Waals surface area contributed by atoms with E-state index in [1.54, 1.807) is 0 Å². The summed E-state index contributed by atoms with van der Waals surface area (Å²) in [6.07, 6.45) is 7.54. The minimum absolute atomic E-state index is 0. The molecule has 0 spiro atoms. The Morgan fingerprint density at radius 2 is 0.714 bits per heavy atom. The Bertz CT molecular complexity index is 1800. The Balaban J connectivity index is 0.000000892. The molecule has 6 rings (SSSR count). The second-order valence-corrected chi connectivity index (χ2v) is 19.6. The van der Waals surface area contributed by atoms with Crippen LogP contribution in [0.2, 0.25) is 0 Å². The van der Waals surface area contributed by atoms with Crippen molar-refractivity contribution in [2.24, 2.45) is 17.8 Å². The molecule has 330 valence electrons. The van der Waals surface area contributed by atoms with E-state index in [1.165, 1.54) is 49.7 Å². The predicted octanol–water partition coefficient (Wildman–Crippen LogP) is -2.08. The summed E-state index contributed by atoms with van der Waals surface area (Å²) in [5.41, 5.74) is 6.71. The van der Waals surface area contributed by atoms with E-state index < -0.39 is 29.2 Å². The van der Waals surface area contributed by atoms with Gasteiger partial charge in [0.1, 0.15) is 17.2 Å². The number of benzene rings is 3. The first kappa shape index (κ1) is 64.6. The summed E-state index contributed by atoms with van der Waals surface area (Å²) < 4.78 is 46.2. The predicted molar refractivity (Wildman–Crippen MR) is 225 cm³/mol. The van der Waals surface area contributed by atoms with Gasteiger partial charge in [-0.15, -0.1) is 0 Å². The first-order chi connectivity index (χ1) is 27.7. The van der Waals surface area contributed by atoms with Crippen molar-refractivity contribution in [2.45, 2.75) is 136 Å². The summed E-state index contributed by atoms with van der Waals surface area (Å²) >= 11 is 5.76. The zero-order chi connectivity index (χ0) is 43.7. The third-order valence-corrected chi connectivity index (χ3v) is 12.5. The average molecular weight is 969 g/mol. The van der Waals surface area contributed by atoms with Crippen molar-refractivity contribution in [3.63, 3.8) is 0 Å². The normalized spacial score (nSPS) is 16.0. The third-order valence-electron chi connectivity index (χ3n) is 11.6. The number of alkyl halides is 1. The summed E-state index contributed by atoms with van der Waals surface area (Å²) in [5.74, 6) is 6.71. The molecule has 3 aliphatic carbocycles. The molecule has 0 saturated heterocycles. The van der Waals surface area contributed by atoms with Crippen LogP contribution in [0.15, 0.2) is 54.6 Å². The van der Waals surface area contributed by atoms with Gasteiger partial charge < -0.3 is 52.0 Å². The fourth-order valence-electron chi connectivity index (χ4n) is 7.56. The molecule has 0 aliphatic heterocycles. The van der Waals surface area contributed by atoms with E-state index in [2.05, 4.69) is 61.9 Å². The number of halogens is 1. The minimum atomic E-state index is -5.01. The van der Waals surface area contributed by atoms with Gasteiger partial charge in [0.15, 0.2) is 19.7 Å². The van der Waals surface area contributed by atoms with Crippen LogP contribution in [0, 0.1) is 17.8 Å². The molecule has 0 bridgehead atoms. The molecule has 11 nitrogen and oxygen atoms in total. The van der Waals surface area contributed by atoms with Gasteiger partial charge in [-0.3, -0.25) is 0 Å². The van der Waals surface area contributed by atoms with Gasteiger partial charge in [0.25, 0.3) is 0 Å². The molecule has 63 heavy (non-hydrogen) atoms. The van der Waals surface area contributed by atoms with Gasteiger partial charge in [0.05, 0.1) is 15.6 Å². The number of phosphoric acid groups is 2. The second-order valence-electron chi connectivity index (χ2n) is 17.1. The summed E-state index contributed by atoms with van der Waals surface area (Å²) in [4.78, 5) is 42.2. The second kappa shape index (κ2) is 30.3. The van der Waals surface area contributed by atoms with Crippen molar-refractivity contribution in [3.05, 3.63) is 88.0 Å². The fraction of sp³-hybridized carbons (Fsp3) is 0.600. The van der Waals surface area contributed by atoms with Crippen LogP contribution >= 0.6 is 27.2 Å². The van der Waals surface area contributed by atoms with E-state index in [9.17, 15) is 28.7 Å². The maximum absolute atomic E-state index is 10.5. The smallest absolute Gasteiger partial charge is 0.790 e. The molecule has 3 fully saturated rings. The third kappa shape index (κ3) is 21.6. The maximum Gasteiger partial charge on any atom is 1.00 e. The van der Waals surface area contributed by atoms with E-state index in [0.717, 1.165) is 33.9 Å². The van der Waals surface area contributed by atoms with E-state index in [1.807, 2.05) is 64.1 Å². The molecular weight excluding hydrogens is 906 g/mol. The van der Waals surface area contributed by atoms with Crippen LogP contribution < -0.4 is 152 Å². The van der Waals surface area contributed by atoms with Crippen LogP contribution in [0.5, 0.6) is 17.2 Å². The zero-order valence-corrected chi connectivity index (χ0v) is 50.6. The first-order valence-corrected chi connectivity index (χ1v) is 24.3. The van der Waals surface area contributed by atoms with Gasteiger partial charge in [0, 0.05) is 0 Å². The molecular formula is C45H63ClNa4O11P2.